The summed E-state index contributed by atoms with van der Waals surface area (Å²) in [5.74, 6) is 0.940. The lowest BCUT2D eigenvalue weighted by Crippen LogP contribution is -2.44. The first kappa shape index (κ1) is 16.9. The Bertz CT molecular complexity index is 508. The van der Waals surface area contributed by atoms with Gasteiger partial charge in [-0.3, -0.25) is 4.79 Å². The van der Waals surface area contributed by atoms with Crippen LogP contribution < -0.4 is 5.73 Å². The molecule has 0 bridgehead atoms. The number of benzene rings is 1. The van der Waals surface area contributed by atoms with Crippen molar-refractivity contribution in [3.63, 3.8) is 0 Å². The van der Waals surface area contributed by atoms with Crippen molar-refractivity contribution in [2.75, 3.05) is 12.0 Å². The highest BCUT2D eigenvalue weighted by Gasteiger charge is 2.34. The van der Waals surface area contributed by atoms with Crippen LogP contribution >= 0.6 is 35.0 Å². The molecule has 2 rings (SSSR count). The van der Waals surface area contributed by atoms with Gasteiger partial charge in [-0.15, -0.1) is 0 Å². The number of nitrogens with zero attached hydrogens (tertiary/aromatic N) is 1. The number of rotatable bonds is 7. The Morgan fingerprint density at radius 1 is 1.43 bits per heavy atom. The van der Waals surface area contributed by atoms with Gasteiger partial charge in [-0.1, -0.05) is 29.3 Å². The summed E-state index contributed by atoms with van der Waals surface area (Å²) in [4.78, 5) is 14.4. The van der Waals surface area contributed by atoms with E-state index in [0.29, 0.717) is 29.1 Å². The zero-order valence-electron chi connectivity index (χ0n) is 12.0. The van der Waals surface area contributed by atoms with Crippen LogP contribution in [-0.4, -0.2) is 34.9 Å². The van der Waals surface area contributed by atoms with E-state index in [4.69, 9.17) is 28.9 Å². The molecule has 2 N–H and O–H groups in total. The van der Waals surface area contributed by atoms with Crippen molar-refractivity contribution in [2.45, 2.75) is 37.9 Å². The van der Waals surface area contributed by atoms with Gasteiger partial charge < -0.3 is 10.6 Å². The molecule has 3 nitrogen and oxygen atoms in total. The molecule has 1 fully saturated rings. The second-order valence-electron chi connectivity index (χ2n) is 5.33. The maximum atomic E-state index is 12.5. The summed E-state index contributed by atoms with van der Waals surface area (Å²) in [5, 5.41) is 1.05. The van der Waals surface area contributed by atoms with Crippen LogP contribution in [0.2, 0.25) is 10.0 Å². The lowest BCUT2D eigenvalue weighted by Gasteiger charge is -2.26. The van der Waals surface area contributed by atoms with Gasteiger partial charge in [0.2, 0.25) is 5.91 Å². The normalized spacial score (nSPS) is 15.8. The summed E-state index contributed by atoms with van der Waals surface area (Å²) >= 11 is 13.7. The van der Waals surface area contributed by atoms with Gasteiger partial charge in [0.25, 0.3) is 0 Å². The Hall–Kier alpha value is -0.420. The van der Waals surface area contributed by atoms with Crippen molar-refractivity contribution in [3.05, 3.63) is 33.8 Å². The first-order chi connectivity index (χ1) is 10.0. The molecule has 0 unspecified atom stereocenters. The maximum absolute atomic E-state index is 12.5. The van der Waals surface area contributed by atoms with Crippen molar-refractivity contribution < 1.29 is 4.79 Å². The fourth-order valence-corrected chi connectivity index (χ4v) is 3.00. The van der Waals surface area contributed by atoms with Crippen molar-refractivity contribution >= 4 is 40.9 Å². The standard InChI is InChI=1S/C15H20Cl2N2OS/c1-21-7-6-14(18)15(20)19(11-3-4-11)9-10-2-5-12(16)13(17)8-10/h2,5,8,11,14H,3-4,6-7,9,18H2,1H3/t14-/m1/s1. The van der Waals surface area contributed by atoms with Gasteiger partial charge in [0, 0.05) is 12.6 Å². The first-order valence-corrected chi connectivity index (χ1v) is 9.17. The summed E-state index contributed by atoms with van der Waals surface area (Å²) in [5.41, 5.74) is 7.01. The molecule has 1 saturated carbocycles. The van der Waals surface area contributed by atoms with Gasteiger partial charge in [-0.2, -0.15) is 11.8 Å². The Morgan fingerprint density at radius 3 is 2.71 bits per heavy atom. The third-order valence-corrected chi connectivity index (χ3v) is 4.94. The van der Waals surface area contributed by atoms with Crippen LogP contribution in [0.1, 0.15) is 24.8 Å². The molecule has 6 heteroatoms. The number of hydrogen-bond acceptors (Lipinski definition) is 3. The number of hydrogen-bond donors (Lipinski definition) is 1. The Labute approximate surface area is 140 Å². The molecular formula is C15H20Cl2N2OS. The van der Waals surface area contributed by atoms with Gasteiger partial charge in [-0.25, -0.2) is 0 Å². The van der Waals surface area contributed by atoms with Crippen molar-refractivity contribution in [2.24, 2.45) is 5.73 Å². The molecule has 116 valence electrons. The van der Waals surface area contributed by atoms with Crippen LogP contribution in [0.25, 0.3) is 0 Å². The van der Waals surface area contributed by atoms with E-state index in [-0.39, 0.29) is 5.91 Å². The monoisotopic (exact) mass is 346 g/mol. The molecule has 0 saturated heterocycles. The second kappa shape index (κ2) is 7.73. The summed E-state index contributed by atoms with van der Waals surface area (Å²) in [6.07, 6.45) is 4.85. The third kappa shape index (κ3) is 4.78. The molecule has 1 aromatic rings. The quantitative estimate of drug-likeness (QED) is 0.820. The van der Waals surface area contributed by atoms with E-state index in [1.54, 1.807) is 17.8 Å². The molecular weight excluding hydrogens is 327 g/mol. The van der Waals surface area contributed by atoms with Crippen LogP contribution in [0.4, 0.5) is 0 Å². The molecule has 0 radical (unpaired) electrons. The number of nitrogens with two attached hydrogens (primary N) is 1. The number of amides is 1. The van der Waals surface area contributed by atoms with Crippen LogP contribution in [-0.2, 0) is 11.3 Å². The topological polar surface area (TPSA) is 46.3 Å². The summed E-state index contributed by atoms with van der Waals surface area (Å²) in [6, 6.07) is 5.40. The highest BCUT2D eigenvalue weighted by atomic mass is 35.5. The molecule has 0 heterocycles. The van der Waals surface area contributed by atoms with Gasteiger partial charge >= 0.3 is 0 Å². The summed E-state index contributed by atoms with van der Waals surface area (Å²) in [7, 11) is 0. The fraction of sp³-hybridized carbons (Fsp3) is 0.533. The number of halogens is 2. The molecule has 0 spiro atoms. The second-order valence-corrected chi connectivity index (χ2v) is 7.13. The smallest absolute Gasteiger partial charge is 0.240 e. The Morgan fingerprint density at radius 2 is 2.14 bits per heavy atom. The Kier molecular flexibility index (Phi) is 6.23. The number of carbonyl (C=O) groups excluding carboxylic acids is 1. The van der Waals surface area contributed by atoms with Crippen LogP contribution in [0, 0.1) is 0 Å². The number of carbonyl (C=O) groups is 1. The van der Waals surface area contributed by atoms with E-state index in [9.17, 15) is 4.79 Å². The lowest BCUT2D eigenvalue weighted by atomic mass is 10.1. The number of thioether (sulfide) groups is 1. The summed E-state index contributed by atoms with van der Waals surface area (Å²) < 4.78 is 0. The minimum atomic E-state index is -0.416. The molecule has 1 aromatic carbocycles. The van der Waals surface area contributed by atoms with Crippen LogP contribution in [0.3, 0.4) is 0 Å². The fourth-order valence-electron chi connectivity index (χ4n) is 2.19. The van der Waals surface area contributed by atoms with Gasteiger partial charge in [0.05, 0.1) is 16.1 Å². The van der Waals surface area contributed by atoms with Gasteiger partial charge in [-0.05, 0) is 49.0 Å². The largest absolute Gasteiger partial charge is 0.334 e. The highest BCUT2D eigenvalue weighted by Crippen LogP contribution is 2.30. The molecule has 1 aliphatic carbocycles. The summed E-state index contributed by atoms with van der Waals surface area (Å²) in [6.45, 7) is 0.549. The van der Waals surface area contributed by atoms with Crippen molar-refractivity contribution in [1.82, 2.24) is 4.90 Å². The molecule has 1 atom stereocenters. The molecule has 1 amide bonds. The lowest BCUT2D eigenvalue weighted by molar-refractivity contribution is -0.133. The minimum absolute atomic E-state index is 0.0395. The molecule has 0 aromatic heterocycles. The van der Waals surface area contributed by atoms with Crippen molar-refractivity contribution in [1.29, 1.82) is 0 Å². The van der Waals surface area contributed by atoms with Gasteiger partial charge in [0.1, 0.15) is 0 Å². The predicted molar refractivity (Wildman–Crippen MR) is 91.0 cm³/mol. The van der Waals surface area contributed by atoms with E-state index in [1.807, 2.05) is 23.3 Å². The highest BCUT2D eigenvalue weighted by molar-refractivity contribution is 7.98. The first-order valence-electron chi connectivity index (χ1n) is 7.02. The van der Waals surface area contributed by atoms with E-state index in [2.05, 4.69) is 0 Å². The SMILES string of the molecule is CSCC[C@@H](N)C(=O)N(Cc1ccc(Cl)c(Cl)c1)C1CC1. The van der Waals surface area contributed by atoms with Crippen molar-refractivity contribution in [3.8, 4) is 0 Å². The molecule has 0 aliphatic heterocycles. The third-order valence-electron chi connectivity index (χ3n) is 3.56. The predicted octanol–water partition coefficient (Wildman–Crippen LogP) is 3.56. The molecule has 21 heavy (non-hydrogen) atoms. The van der Waals surface area contributed by atoms with Crippen LogP contribution in [0.5, 0.6) is 0 Å². The average molecular weight is 347 g/mol. The van der Waals surface area contributed by atoms with E-state index >= 15 is 0 Å². The maximum Gasteiger partial charge on any atom is 0.240 e. The van der Waals surface area contributed by atoms with Crippen LogP contribution in [0.15, 0.2) is 18.2 Å². The molecule has 1 aliphatic rings. The zero-order valence-corrected chi connectivity index (χ0v) is 14.3. The zero-order chi connectivity index (χ0) is 15.4. The van der Waals surface area contributed by atoms with E-state index in [1.165, 1.54) is 0 Å². The minimum Gasteiger partial charge on any atom is -0.334 e. The van der Waals surface area contributed by atoms with Gasteiger partial charge in [0.15, 0.2) is 0 Å². The van der Waals surface area contributed by atoms with E-state index in [0.717, 1.165) is 24.2 Å². The Balaban J connectivity index is 2.05. The average Bonchev–Trinajstić information content (AvgIpc) is 3.29. The van der Waals surface area contributed by atoms with E-state index < -0.39 is 6.04 Å².